The van der Waals surface area contributed by atoms with E-state index in [-0.39, 0.29) is 11.8 Å². The Hall–Kier alpha value is -3.60. The second kappa shape index (κ2) is 8.86. The molecule has 28 heavy (non-hydrogen) atoms. The third-order valence-corrected chi connectivity index (χ3v) is 4.35. The van der Waals surface area contributed by atoms with E-state index in [1.165, 1.54) is 0 Å². The van der Waals surface area contributed by atoms with Gasteiger partial charge in [0.2, 0.25) is 0 Å². The number of carbonyl (C=O) groups is 2. The monoisotopic (exact) mass is 373 g/mol. The number of anilines is 2. The molecule has 0 aliphatic heterocycles. The van der Waals surface area contributed by atoms with Crippen LogP contribution in [0.1, 0.15) is 26.3 Å². The zero-order valence-corrected chi connectivity index (χ0v) is 16.0. The lowest BCUT2D eigenvalue weighted by Gasteiger charge is -2.13. The molecule has 3 rings (SSSR count). The molecule has 0 spiro atoms. The van der Waals surface area contributed by atoms with E-state index < -0.39 is 0 Å². The van der Waals surface area contributed by atoms with Gasteiger partial charge in [-0.1, -0.05) is 30.3 Å². The van der Waals surface area contributed by atoms with Gasteiger partial charge < -0.3 is 15.5 Å². The van der Waals surface area contributed by atoms with Crippen LogP contribution < -0.4 is 15.5 Å². The van der Waals surface area contributed by atoms with Crippen LogP contribution in [-0.2, 0) is 6.54 Å². The van der Waals surface area contributed by atoms with E-state index in [4.69, 9.17) is 0 Å². The van der Waals surface area contributed by atoms with Crippen molar-refractivity contribution in [2.45, 2.75) is 6.54 Å². The van der Waals surface area contributed by atoms with Gasteiger partial charge in [0.25, 0.3) is 11.8 Å². The molecule has 142 valence electrons. The molecule has 0 saturated heterocycles. The molecule has 2 N–H and O–H groups in total. The fraction of sp³-hybridized carbons (Fsp3) is 0.130. The molecule has 0 heterocycles. The Morgan fingerprint density at radius 1 is 0.750 bits per heavy atom. The minimum atomic E-state index is -0.169. The topological polar surface area (TPSA) is 61.4 Å². The summed E-state index contributed by atoms with van der Waals surface area (Å²) in [7, 11) is 3.94. The van der Waals surface area contributed by atoms with Crippen LogP contribution in [0, 0.1) is 0 Å². The van der Waals surface area contributed by atoms with E-state index in [0.29, 0.717) is 17.7 Å². The lowest BCUT2D eigenvalue weighted by Crippen LogP contribution is -2.22. The highest BCUT2D eigenvalue weighted by molar-refractivity contribution is 6.04. The normalized spacial score (nSPS) is 10.2. The molecule has 0 atom stereocenters. The highest BCUT2D eigenvalue weighted by Gasteiger charge is 2.08. The molecule has 0 bridgehead atoms. The van der Waals surface area contributed by atoms with Crippen molar-refractivity contribution in [1.29, 1.82) is 0 Å². The van der Waals surface area contributed by atoms with Gasteiger partial charge in [-0.2, -0.15) is 0 Å². The maximum absolute atomic E-state index is 12.4. The first-order valence-electron chi connectivity index (χ1n) is 9.04. The Morgan fingerprint density at radius 2 is 1.36 bits per heavy atom. The number of carbonyl (C=O) groups excluding carboxylic acids is 2. The molecule has 0 unspecified atom stereocenters. The van der Waals surface area contributed by atoms with Crippen LogP contribution in [-0.4, -0.2) is 25.9 Å². The summed E-state index contributed by atoms with van der Waals surface area (Å²) in [6, 6.07) is 23.9. The van der Waals surface area contributed by atoms with Crippen molar-refractivity contribution in [1.82, 2.24) is 5.32 Å². The predicted molar refractivity (Wildman–Crippen MR) is 113 cm³/mol. The lowest BCUT2D eigenvalue weighted by molar-refractivity contribution is 0.0949. The van der Waals surface area contributed by atoms with Crippen LogP contribution in [0.2, 0.25) is 0 Å². The molecule has 2 amide bonds. The summed E-state index contributed by atoms with van der Waals surface area (Å²) in [6.45, 7) is 0.404. The van der Waals surface area contributed by atoms with Gasteiger partial charge in [0.05, 0.1) is 0 Å². The number of hydrogen-bond acceptors (Lipinski definition) is 3. The van der Waals surface area contributed by atoms with Gasteiger partial charge in [-0.3, -0.25) is 9.59 Å². The summed E-state index contributed by atoms with van der Waals surface area (Å²) in [5.74, 6) is -0.291. The average molecular weight is 373 g/mol. The molecule has 0 saturated carbocycles. The van der Waals surface area contributed by atoms with Crippen LogP contribution in [0.15, 0.2) is 78.9 Å². The average Bonchev–Trinajstić information content (AvgIpc) is 2.73. The first kappa shape index (κ1) is 19.2. The van der Waals surface area contributed by atoms with E-state index in [1.54, 1.807) is 24.3 Å². The Morgan fingerprint density at radius 3 is 1.96 bits per heavy atom. The molecule has 3 aromatic carbocycles. The van der Waals surface area contributed by atoms with E-state index in [2.05, 4.69) is 10.6 Å². The van der Waals surface area contributed by atoms with Crippen LogP contribution >= 0.6 is 0 Å². The summed E-state index contributed by atoms with van der Waals surface area (Å²) in [5, 5.41) is 5.76. The highest BCUT2D eigenvalue weighted by Crippen LogP contribution is 2.16. The van der Waals surface area contributed by atoms with Crippen LogP contribution in [0.5, 0.6) is 0 Å². The third-order valence-electron chi connectivity index (χ3n) is 4.35. The van der Waals surface area contributed by atoms with Gasteiger partial charge in [0.15, 0.2) is 0 Å². The maximum atomic E-state index is 12.4. The van der Waals surface area contributed by atoms with Gasteiger partial charge in [-0.05, 0) is 54.1 Å². The number of nitrogens with zero attached hydrogens (tertiary/aromatic N) is 1. The van der Waals surface area contributed by atoms with Gasteiger partial charge in [0, 0.05) is 43.1 Å². The maximum Gasteiger partial charge on any atom is 0.255 e. The third kappa shape index (κ3) is 4.98. The van der Waals surface area contributed by atoms with Gasteiger partial charge >= 0.3 is 0 Å². The molecule has 0 radical (unpaired) electrons. The largest absolute Gasteiger partial charge is 0.378 e. The summed E-state index contributed by atoms with van der Waals surface area (Å²) in [6.07, 6.45) is 0. The van der Waals surface area contributed by atoms with Crippen molar-refractivity contribution < 1.29 is 9.59 Å². The fourth-order valence-corrected chi connectivity index (χ4v) is 2.69. The first-order valence-corrected chi connectivity index (χ1v) is 9.04. The van der Waals surface area contributed by atoms with Gasteiger partial charge in [0.1, 0.15) is 0 Å². The van der Waals surface area contributed by atoms with Gasteiger partial charge in [-0.25, -0.2) is 0 Å². The van der Waals surface area contributed by atoms with Crippen LogP contribution in [0.4, 0.5) is 11.4 Å². The SMILES string of the molecule is CN(C)c1ccc(NC(=O)c2ccc(CNC(=O)c3ccccc3)cc2)cc1. The Bertz CT molecular complexity index is 934. The van der Waals surface area contributed by atoms with Crippen molar-refractivity contribution in [3.8, 4) is 0 Å². The van der Waals surface area contributed by atoms with Crippen molar-refractivity contribution in [2.24, 2.45) is 0 Å². The summed E-state index contributed by atoms with van der Waals surface area (Å²) in [4.78, 5) is 26.5. The summed E-state index contributed by atoms with van der Waals surface area (Å²) >= 11 is 0. The number of rotatable bonds is 6. The zero-order chi connectivity index (χ0) is 19.9. The lowest BCUT2D eigenvalue weighted by atomic mass is 10.1. The Labute approximate surface area is 165 Å². The van der Waals surface area contributed by atoms with Crippen molar-refractivity contribution in [3.63, 3.8) is 0 Å². The highest BCUT2D eigenvalue weighted by atomic mass is 16.2. The molecule has 5 nitrogen and oxygen atoms in total. The Balaban J connectivity index is 1.56. The fourth-order valence-electron chi connectivity index (χ4n) is 2.69. The number of benzene rings is 3. The number of amides is 2. The number of nitrogens with one attached hydrogen (secondary N) is 2. The van der Waals surface area contributed by atoms with E-state index in [9.17, 15) is 9.59 Å². The van der Waals surface area contributed by atoms with E-state index >= 15 is 0 Å². The van der Waals surface area contributed by atoms with E-state index in [1.807, 2.05) is 73.6 Å². The smallest absolute Gasteiger partial charge is 0.255 e. The standard InChI is InChI=1S/C23H23N3O2/c1-26(2)21-14-12-20(13-15-21)25-23(28)19-10-8-17(9-11-19)16-24-22(27)18-6-4-3-5-7-18/h3-15H,16H2,1-2H3,(H,24,27)(H,25,28). The van der Waals surface area contributed by atoms with Crippen molar-refractivity contribution >= 4 is 23.2 Å². The molecule has 3 aromatic rings. The minimum absolute atomic E-state index is 0.122. The summed E-state index contributed by atoms with van der Waals surface area (Å²) < 4.78 is 0. The molecule has 0 fully saturated rings. The summed E-state index contributed by atoms with van der Waals surface area (Å²) in [5.41, 5.74) is 3.93. The Kier molecular flexibility index (Phi) is 6.07. The van der Waals surface area contributed by atoms with Gasteiger partial charge in [-0.15, -0.1) is 0 Å². The number of hydrogen-bond donors (Lipinski definition) is 2. The molecular weight excluding hydrogens is 350 g/mol. The second-order valence-corrected chi connectivity index (χ2v) is 6.64. The minimum Gasteiger partial charge on any atom is -0.378 e. The van der Waals surface area contributed by atoms with Crippen LogP contribution in [0.25, 0.3) is 0 Å². The molecule has 5 heteroatoms. The van der Waals surface area contributed by atoms with Crippen LogP contribution in [0.3, 0.4) is 0 Å². The molecule has 0 aliphatic rings. The zero-order valence-electron chi connectivity index (χ0n) is 16.0. The van der Waals surface area contributed by atoms with Crippen molar-refractivity contribution in [3.05, 3.63) is 95.6 Å². The molecule has 0 aromatic heterocycles. The predicted octanol–water partition coefficient (Wildman–Crippen LogP) is 3.93. The van der Waals surface area contributed by atoms with Crippen molar-refractivity contribution in [2.75, 3.05) is 24.3 Å². The van der Waals surface area contributed by atoms with E-state index in [0.717, 1.165) is 16.9 Å². The first-order chi connectivity index (χ1) is 13.5. The second-order valence-electron chi connectivity index (χ2n) is 6.64. The quantitative estimate of drug-likeness (QED) is 0.688. The molecular formula is C23H23N3O2. The molecule has 0 aliphatic carbocycles.